The van der Waals surface area contributed by atoms with Crippen LogP contribution in [0.5, 0.6) is 11.5 Å². The Labute approximate surface area is 121 Å². The zero-order chi connectivity index (χ0) is 14.4. The van der Waals surface area contributed by atoms with Gasteiger partial charge >= 0.3 is 0 Å². The lowest BCUT2D eigenvalue weighted by molar-refractivity contribution is 0.0872. The molecule has 0 radical (unpaired) electrons. The van der Waals surface area contributed by atoms with Crippen molar-refractivity contribution in [1.29, 1.82) is 0 Å². The molecule has 0 saturated carbocycles. The molecule has 1 heterocycles. The van der Waals surface area contributed by atoms with Crippen LogP contribution in [0.2, 0.25) is 0 Å². The third-order valence-corrected chi connectivity index (χ3v) is 3.96. The van der Waals surface area contributed by atoms with Crippen LogP contribution in [-0.2, 0) is 11.3 Å². The van der Waals surface area contributed by atoms with Crippen molar-refractivity contribution < 1.29 is 14.2 Å². The van der Waals surface area contributed by atoms with Gasteiger partial charge in [-0.2, -0.15) is 0 Å². The van der Waals surface area contributed by atoms with Gasteiger partial charge in [-0.1, -0.05) is 13.0 Å². The molecule has 0 spiro atoms. The highest BCUT2D eigenvalue weighted by atomic mass is 16.5. The standard InChI is InChI=1S/C16H25NO3/c1-4-15-13(7-8-20-15)11-17-10-12-5-6-14(18-2)9-16(12)19-3/h5-6,9,13,15,17H,4,7-8,10-11H2,1-3H3. The second-order valence-corrected chi connectivity index (χ2v) is 5.17. The summed E-state index contributed by atoms with van der Waals surface area (Å²) in [6, 6.07) is 5.94. The summed E-state index contributed by atoms with van der Waals surface area (Å²) in [5.41, 5.74) is 1.15. The highest BCUT2D eigenvalue weighted by Crippen LogP contribution is 2.25. The third kappa shape index (κ3) is 3.64. The summed E-state index contributed by atoms with van der Waals surface area (Å²) in [5, 5.41) is 3.52. The smallest absolute Gasteiger partial charge is 0.127 e. The monoisotopic (exact) mass is 279 g/mol. The van der Waals surface area contributed by atoms with Crippen molar-refractivity contribution in [3.05, 3.63) is 23.8 Å². The van der Waals surface area contributed by atoms with Gasteiger partial charge in [-0.25, -0.2) is 0 Å². The molecule has 0 aliphatic carbocycles. The van der Waals surface area contributed by atoms with Gasteiger partial charge < -0.3 is 19.5 Å². The maximum Gasteiger partial charge on any atom is 0.127 e. The molecule has 1 N–H and O–H groups in total. The number of hydrogen-bond acceptors (Lipinski definition) is 4. The van der Waals surface area contributed by atoms with Crippen LogP contribution in [0.25, 0.3) is 0 Å². The van der Waals surface area contributed by atoms with Crippen molar-refractivity contribution in [1.82, 2.24) is 5.32 Å². The number of nitrogens with one attached hydrogen (secondary N) is 1. The minimum atomic E-state index is 0.417. The van der Waals surface area contributed by atoms with Crippen LogP contribution in [0.4, 0.5) is 0 Å². The summed E-state index contributed by atoms with van der Waals surface area (Å²) in [5.74, 6) is 2.32. The molecule has 1 aliphatic rings. The molecule has 0 amide bonds. The molecule has 1 aromatic rings. The minimum absolute atomic E-state index is 0.417. The molecule has 0 bridgehead atoms. The van der Waals surface area contributed by atoms with Crippen LogP contribution in [-0.4, -0.2) is 33.5 Å². The van der Waals surface area contributed by atoms with Gasteiger partial charge in [-0.15, -0.1) is 0 Å². The molecule has 1 aliphatic heterocycles. The Hall–Kier alpha value is -1.26. The van der Waals surface area contributed by atoms with Crippen molar-refractivity contribution in [2.75, 3.05) is 27.4 Å². The summed E-state index contributed by atoms with van der Waals surface area (Å²) in [6.07, 6.45) is 2.67. The van der Waals surface area contributed by atoms with Gasteiger partial charge in [0.15, 0.2) is 0 Å². The Kier molecular flexibility index (Phi) is 5.68. The average molecular weight is 279 g/mol. The van der Waals surface area contributed by atoms with Gasteiger partial charge in [-0.3, -0.25) is 0 Å². The maximum absolute atomic E-state index is 5.71. The fourth-order valence-electron chi connectivity index (χ4n) is 2.77. The van der Waals surface area contributed by atoms with E-state index in [0.717, 1.165) is 49.6 Å². The predicted octanol–water partition coefficient (Wildman–Crippen LogP) is 2.61. The van der Waals surface area contributed by atoms with Gasteiger partial charge in [-0.05, 0) is 24.8 Å². The number of benzene rings is 1. The van der Waals surface area contributed by atoms with Crippen molar-refractivity contribution >= 4 is 0 Å². The lowest BCUT2D eigenvalue weighted by Gasteiger charge is -2.18. The summed E-state index contributed by atoms with van der Waals surface area (Å²) in [4.78, 5) is 0. The zero-order valence-electron chi connectivity index (χ0n) is 12.6. The first-order chi connectivity index (χ1) is 9.78. The minimum Gasteiger partial charge on any atom is -0.497 e. The summed E-state index contributed by atoms with van der Waals surface area (Å²) < 4.78 is 16.3. The molecule has 4 heteroatoms. The van der Waals surface area contributed by atoms with E-state index in [4.69, 9.17) is 14.2 Å². The van der Waals surface area contributed by atoms with Crippen molar-refractivity contribution in [2.24, 2.45) is 5.92 Å². The Morgan fingerprint density at radius 3 is 2.85 bits per heavy atom. The van der Waals surface area contributed by atoms with E-state index >= 15 is 0 Å². The number of ether oxygens (including phenoxy) is 3. The van der Waals surface area contributed by atoms with Gasteiger partial charge in [0.1, 0.15) is 11.5 Å². The fourth-order valence-corrected chi connectivity index (χ4v) is 2.77. The Balaban J connectivity index is 1.87. The van der Waals surface area contributed by atoms with Crippen LogP contribution in [0.1, 0.15) is 25.3 Å². The molecular weight excluding hydrogens is 254 g/mol. The van der Waals surface area contributed by atoms with Crippen LogP contribution < -0.4 is 14.8 Å². The van der Waals surface area contributed by atoms with E-state index in [1.54, 1.807) is 14.2 Å². The largest absolute Gasteiger partial charge is 0.497 e. The lowest BCUT2D eigenvalue weighted by Crippen LogP contribution is -2.28. The van der Waals surface area contributed by atoms with E-state index in [9.17, 15) is 0 Å². The van der Waals surface area contributed by atoms with Crippen molar-refractivity contribution in [2.45, 2.75) is 32.4 Å². The van der Waals surface area contributed by atoms with Crippen LogP contribution >= 0.6 is 0 Å². The molecule has 1 saturated heterocycles. The van der Waals surface area contributed by atoms with Crippen LogP contribution in [0.3, 0.4) is 0 Å². The Bertz CT molecular complexity index is 422. The zero-order valence-corrected chi connectivity index (χ0v) is 12.6. The molecule has 0 aromatic heterocycles. The third-order valence-electron chi connectivity index (χ3n) is 3.96. The van der Waals surface area contributed by atoms with Gasteiger partial charge in [0, 0.05) is 31.3 Å². The van der Waals surface area contributed by atoms with Crippen LogP contribution in [0, 0.1) is 5.92 Å². The number of methoxy groups -OCH3 is 2. The average Bonchev–Trinajstić information content (AvgIpc) is 2.95. The highest BCUT2D eigenvalue weighted by molar-refractivity contribution is 5.40. The fraction of sp³-hybridized carbons (Fsp3) is 0.625. The Morgan fingerprint density at radius 2 is 2.15 bits per heavy atom. The topological polar surface area (TPSA) is 39.7 Å². The first-order valence-electron chi connectivity index (χ1n) is 7.31. The second kappa shape index (κ2) is 7.50. The quantitative estimate of drug-likeness (QED) is 0.833. The first-order valence-corrected chi connectivity index (χ1v) is 7.31. The molecule has 1 aromatic carbocycles. The molecule has 1 fully saturated rings. The summed E-state index contributed by atoms with van der Waals surface area (Å²) in [6.45, 7) is 4.89. The van der Waals surface area contributed by atoms with Crippen molar-refractivity contribution in [3.8, 4) is 11.5 Å². The molecule has 2 rings (SSSR count). The molecule has 4 nitrogen and oxygen atoms in total. The molecular formula is C16H25NO3. The first kappa shape index (κ1) is 15.1. The maximum atomic E-state index is 5.71. The SMILES string of the molecule is CCC1OCCC1CNCc1ccc(OC)cc1OC. The Morgan fingerprint density at radius 1 is 1.30 bits per heavy atom. The van der Waals surface area contributed by atoms with Gasteiger partial charge in [0.05, 0.1) is 20.3 Å². The lowest BCUT2D eigenvalue weighted by atomic mass is 9.99. The summed E-state index contributed by atoms with van der Waals surface area (Å²) >= 11 is 0. The number of rotatable bonds is 7. The van der Waals surface area contributed by atoms with E-state index in [0.29, 0.717) is 12.0 Å². The second-order valence-electron chi connectivity index (χ2n) is 5.17. The molecule has 112 valence electrons. The van der Waals surface area contributed by atoms with E-state index < -0.39 is 0 Å². The van der Waals surface area contributed by atoms with Gasteiger partial charge in [0.2, 0.25) is 0 Å². The predicted molar refractivity (Wildman–Crippen MR) is 79.4 cm³/mol. The number of hydrogen-bond donors (Lipinski definition) is 1. The van der Waals surface area contributed by atoms with Crippen molar-refractivity contribution in [3.63, 3.8) is 0 Å². The van der Waals surface area contributed by atoms with E-state index in [-0.39, 0.29) is 0 Å². The molecule has 2 unspecified atom stereocenters. The van der Waals surface area contributed by atoms with E-state index in [2.05, 4.69) is 12.2 Å². The highest BCUT2D eigenvalue weighted by Gasteiger charge is 2.26. The van der Waals surface area contributed by atoms with E-state index in [1.165, 1.54) is 0 Å². The molecule has 20 heavy (non-hydrogen) atoms. The van der Waals surface area contributed by atoms with Crippen LogP contribution in [0.15, 0.2) is 18.2 Å². The normalized spacial score (nSPS) is 21.9. The van der Waals surface area contributed by atoms with E-state index in [1.807, 2.05) is 18.2 Å². The molecule has 2 atom stereocenters. The van der Waals surface area contributed by atoms with Gasteiger partial charge in [0.25, 0.3) is 0 Å². The summed E-state index contributed by atoms with van der Waals surface area (Å²) in [7, 11) is 3.36.